The van der Waals surface area contributed by atoms with Crippen molar-refractivity contribution in [2.45, 2.75) is 18.6 Å². The molecule has 0 fully saturated rings. The van der Waals surface area contributed by atoms with Gasteiger partial charge in [-0.05, 0) is 29.8 Å². The van der Waals surface area contributed by atoms with Crippen LogP contribution in [0.1, 0.15) is 27.2 Å². The maximum absolute atomic E-state index is 13.2. The number of Topliss-reactive ketones (excluding diaryl/α,β-unsaturated/α-hetero) is 1. The molecule has 0 bridgehead atoms. The summed E-state index contributed by atoms with van der Waals surface area (Å²) in [6.07, 6.45) is -0.349. The minimum atomic E-state index is -1.93. The summed E-state index contributed by atoms with van der Waals surface area (Å²) in [5, 5.41) is 11.8. The number of carbonyl (C=O) groups is 2. The van der Waals surface area contributed by atoms with Crippen LogP contribution in [0.3, 0.4) is 0 Å². The minimum absolute atomic E-state index is 0.205. The zero-order chi connectivity index (χ0) is 19.9. The first-order valence-corrected chi connectivity index (χ1v) is 10.1. The lowest BCUT2D eigenvalue weighted by molar-refractivity contribution is -0.136. The van der Waals surface area contributed by atoms with Crippen LogP contribution >= 0.6 is 34.5 Å². The van der Waals surface area contributed by atoms with Crippen molar-refractivity contribution in [1.29, 1.82) is 0 Å². The van der Waals surface area contributed by atoms with E-state index in [0.29, 0.717) is 25.5 Å². The van der Waals surface area contributed by atoms with Crippen molar-refractivity contribution in [3.05, 3.63) is 86.0 Å². The predicted octanol–water partition coefficient (Wildman–Crippen LogP) is 5.06. The van der Waals surface area contributed by atoms with Crippen molar-refractivity contribution >= 4 is 51.9 Å². The fourth-order valence-electron chi connectivity index (χ4n) is 3.42. The topological polar surface area (TPSA) is 57.6 Å². The highest BCUT2D eigenvalue weighted by atomic mass is 35.5. The normalized spacial score (nSPS) is 18.4. The first-order valence-electron chi connectivity index (χ1n) is 8.56. The highest BCUT2D eigenvalue weighted by Gasteiger charge is 2.50. The lowest BCUT2D eigenvalue weighted by atomic mass is 9.89. The number of hydrogen-bond donors (Lipinski definition) is 1. The maximum Gasteiger partial charge on any atom is 0.264 e. The zero-order valence-electron chi connectivity index (χ0n) is 14.6. The van der Waals surface area contributed by atoms with Crippen LogP contribution in [-0.4, -0.2) is 16.8 Å². The van der Waals surface area contributed by atoms with Gasteiger partial charge >= 0.3 is 0 Å². The molecular formula is C21H15Cl2NO3S. The second-order valence-corrected chi connectivity index (χ2v) is 8.69. The van der Waals surface area contributed by atoms with Gasteiger partial charge < -0.3 is 10.0 Å². The molecule has 0 spiro atoms. The number of hydrogen-bond acceptors (Lipinski definition) is 4. The summed E-state index contributed by atoms with van der Waals surface area (Å²) >= 11 is 13.3. The van der Waals surface area contributed by atoms with Gasteiger partial charge in [-0.15, -0.1) is 11.3 Å². The van der Waals surface area contributed by atoms with Gasteiger partial charge in [-0.3, -0.25) is 9.59 Å². The summed E-state index contributed by atoms with van der Waals surface area (Å²) in [4.78, 5) is 27.8. The van der Waals surface area contributed by atoms with Gasteiger partial charge in [0.25, 0.3) is 5.91 Å². The molecule has 3 aromatic rings. The lowest BCUT2D eigenvalue weighted by Crippen LogP contribution is -2.41. The number of para-hydroxylation sites is 1. The molecule has 2 heterocycles. The van der Waals surface area contributed by atoms with E-state index in [1.165, 1.54) is 4.90 Å². The molecule has 4 nitrogen and oxygen atoms in total. The van der Waals surface area contributed by atoms with E-state index in [2.05, 4.69) is 0 Å². The number of ketones is 1. The van der Waals surface area contributed by atoms with E-state index in [-0.39, 0.29) is 18.7 Å². The van der Waals surface area contributed by atoms with E-state index in [4.69, 9.17) is 23.2 Å². The van der Waals surface area contributed by atoms with E-state index < -0.39 is 11.5 Å². The largest absolute Gasteiger partial charge is 0.375 e. The lowest BCUT2D eigenvalue weighted by Gasteiger charge is -2.23. The number of thiophene rings is 1. The minimum Gasteiger partial charge on any atom is -0.375 e. The number of anilines is 1. The molecular weight excluding hydrogens is 417 g/mol. The molecule has 1 aliphatic heterocycles. The molecule has 7 heteroatoms. The van der Waals surface area contributed by atoms with Crippen molar-refractivity contribution in [3.63, 3.8) is 0 Å². The van der Waals surface area contributed by atoms with Gasteiger partial charge in [0.15, 0.2) is 11.4 Å². The molecule has 0 saturated heterocycles. The van der Waals surface area contributed by atoms with Gasteiger partial charge in [-0.1, -0.05) is 59.6 Å². The van der Waals surface area contributed by atoms with Gasteiger partial charge in [0.2, 0.25) is 0 Å². The van der Waals surface area contributed by atoms with Crippen LogP contribution < -0.4 is 4.90 Å². The molecule has 1 aliphatic rings. The Morgan fingerprint density at radius 2 is 1.75 bits per heavy atom. The van der Waals surface area contributed by atoms with Gasteiger partial charge in [0.05, 0.1) is 27.9 Å². The third-order valence-electron chi connectivity index (χ3n) is 4.79. The van der Waals surface area contributed by atoms with Gasteiger partial charge in [0, 0.05) is 10.6 Å². The highest BCUT2D eigenvalue weighted by Crippen LogP contribution is 2.44. The van der Waals surface area contributed by atoms with Crippen LogP contribution in [-0.2, 0) is 16.9 Å². The Morgan fingerprint density at radius 1 is 1.04 bits per heavy atom. The molecule has 28 heavy (non-hydrogen) atoms. The summed E-state index contributed by atoms with van der Waals surface area (Å²) in [5.74, 6) is -0.869. The third kappa shape index (κ3) is 3.25. The summed E-state index contributed by atoms with van der Waals surface area (Å²) in [7, 11) is 0. The van der Waals surface area contributed by atoms with Crippen molar-refractivity contribution in [1.82, 2.24) is 0 Å². The van der Waals surface area contributed by atoms with Crippen LogP contribution in [0.5, 0.6) is 0 Å². The average Bonchev–Trinajstić information content (AvgIpc) is 3.20. The van der Waals surface area contributed by atoms with Crippen LogP contribution in [0.15, 0.2) is 60.7 Å². The molecule has 1 amide bonds. The van der Waals surface area contributed by atoms with Crippen LogP contribution in [0, 0.1) is 0 Å². The molecule has 0 aliphatic carbocycles. The van der Waals surface area contributed by atoms with Crippen LogP contribution in [0.4, 0.5) is 5.69 Å². The Hall–Kier alpha value is -2.18. The summed E-state index contributed by atoms with van der Waals surface area (Å²) < 4.78 is 0.480. The first-order chi connectivity index (χ1) is 13.4. The molecule has 0 radical (unpaired) electrons. The number of amides is 1. The smallest absolute Gasteiger partial charge is 0.264 e. The number of nitrogens with zero attached hydrogens (tertiary/aromatic N) is 1. The monoisotopic (exact) mass is 431 g/mol. The van der Waals surface area contributed by atoms with Gasteiger partial charge in [-0.25, -0.2) is 0 Å². The van der Waals surface area contributed by atoms with Crippen LogP contribution in [0.25, 0.3) is 0 Å². The average molecular weight is 432 g/mol. The number of halogens is 2. The van der Waals surface area contributed by atoms with Crippen molar-refractivity contribution in [2.24, 2.45) is 0 Å². The van der Waals surface area contributed by atoms with Crippen molar-refractivity contribution in [2.75, 3.05) is 4.90 Å². The van der Waals surface area contributed by atoms with E-state index in [1.54, 1.807) is 42.5 Å². The number of rotatable bonds is 5. The van der Waals surface area contributed by atoms with Gasteiger partial charge in [0.1, 0.15) is 0 Å². The number of carbonyl (C=O) groups excluding carboxylic acids is 2. The zero-order valence-corrected chi connectivity index (χ0v) is 16.9. The molecule has 2 aromatic carbocycles. The van der Waals surface area contributed by atoms with E-state index >= 15 is 0 Å². The molecule has 1 atom stereocenters. The second-order valence-electron chi connectivity index (χ2n) is 6.56. The van der Waals surface area contributed by atoms with Crippen molar-refractivity contribution < 1.29 is 14.7 Å². The second kappa shape index (κ2) is 7.33. The Kier molecular flexibility index (Phi) is 5.02. The molecule has 0 saturated carbocycles. The van der Waals surface area contributed by atoms with E-state index in [1.807, 2.05) is 18.2 Å². The summed E-state index contributed by atoms with van der Waals surface area (Å²) in [6.45, 7) is 0.205. The predicted molar refractivity (Wildman–Crippen MR) is 111 cm³/mol. The Balaban J connectivity index is 1.70. The number of fused-ring (bicyclic) bond motifs is 1. The maximum atomic E-state index is 13.2. The summed E-state index contributed by atoms with van der Waals surface area (Å²) in [6, 6.07) is 17.4. The fourth-order valence-corrected chi connectivity index (χ4v) is 4.59. The van der Waals surface area contributed by atoms with E-state index in [9.17, 15) is 14.7 Å². The Morgan fingerprint density at radius 3 is 2.46 bits per heavy atom. The quantitative estimate of drug-likeness (QED) is 0.574. The standard InChI is InChI=1S/C21H15Cl2NO3S/c22-15-7-3-1-5-13(15)12-24-16-8-4-2-6-14(16)21(27,20(24)26)11-17(25)18-9-10-19(23)28-18/h1-10,27H,11-12H2. The number of aliphatic hydroxyl groups is 1. The summed E-state index contributed by atoms with van der Waals surface area (Å²) in [5.41, 5.74) is -0.172. The molecule has 4 rings (SSSR count). The SMILES string of the molecule is O=C(CC1(O)C(=O)N(Cc2ccccc2Cl)c2ccccc21)c1ccc(Cl)s1. The van der Waals surface area contributed by atoms with E-state index in [0.717, 1.165) is 16.9 Å². The van der Waals surface area contributed by atoms with Gasteiger partial charge in [-0.2, -0.15) is 0 Å². The third-order valence-corrected chi connectivity index (χ3v) is 6.43. The molecule has 1 unspecified atom stereocenters. The van der Waals surface area contributed by atoms with Crippen LogP contribution in [0.2, 0.25) is 9.36 Å². The van der Waals surface area contributed by atoms with Crippen molar-refractivity contribution in [3.8, 4) is 0 Å². The molecule has 142 valence electrons. The Labute approximate surface area is 175 Å². The Bertz CT molecular complexity index is 1080. The molecule has 1 N–H and O–H groups in total. The number of benzene rings is 2. The highest BCUT2D eigenvalue weighted by molar-refractivity contribution is 7.18. The first kappa shape index (κ1) is 19.2. The fraction of sp³-hybridized carbons (Fsp3) is 0.143. The molecule has 1 aromatic heterocycles.